The van der Waals surface area contributed by atoms with Crippen molar-refractivity contribution in [3.05, 3.63) is 84.7 Å². The molecule has 0 radical (unpaired) electrons. The summed E-state index contributed by atoms with van der Waals surface area (Å²) in [5.74, 6) is 2.25. The third kappa shape index (κ3) is 4.47. The Bertz CT molecular complexity index is 1270. The molecule has 7 heteroatoms. The van der Waals surface area contributed by atoms with Crippen LogP contribution in [0.3, 0.4) is 0 Å². The minimum absolute atomic E-state index is 0.0604. The van der Waals surface area contributed by atoms with Gasteiger partial charge >= 0.3 is 0 Å². The zero-order valence-corrected chi connectivity index (χ0v) is 19.0. The number of amides is 1. The summed E-state index contributed by atoms with van der Waals surface area (Å²) in [6, 6.07) is 24.8. The lowest BCUT2D eigenvalue weighted by Gasteiger charge is -2.19. The van der Waals surface area contributed by atoms with Crippen LogP contribution in [0, 0.1) is 0 Å². The average Bonchev–Trinajstić information content (AvgIpc) is 3.44. The van der Waals surface area contributed by atoms with Gasteiger partial charge in [0, 0.05) is 24.6 Å². The number of aliphatic hydroxyl groups excluding tert-OH is 1. The molecular formula is C27H27N3O4. The van der Waals surface area contributed by atoms with E-state index in [9.17, 15) is 9.90 Å². The number of aliphatic hydroxyl groups is 1. The van der Waals surface area contributed by atoms with Gasteiger partial charge in [-0.15, -0.1) is 0 Å². The fourth-order valence-corrected chi connectivity index (χ4v) is 4.46. The lowest BCUT2D eigenvalue weighted by atomic mass is 10.1. The highest BCUT2D eigenvalue weighted by Gasteiger charge is 2.35. The zero-order valence-electron chi connectivity index (χ0n) is 19.0. The molecule has 0 bridgehead atoms. The van der Waals surface area contributed by atoms with Gasteiger partial charge in [-0.25, -0.2) is 4.98 Å². The molecule has 5 rings (SSSR count). The lowest BCUT2D eigenvalue weighted by Crippen LogP contribution is -2.26. The third-order valence-electron chi connectivity index (χ3n) is 6.14. The summed E-state index contributed by atoms with van der Waals surface area (Å²) < 4.78 is 13.0. The van der Waals surface area contributed by atoms with Gasteiger partial charge in [0.15, 0.2) is 0 Å². The van der Waals surface area contributed by atoms with Gasteiger partial charge in [-0.2, -0.15) is 0 Å². The van der Waals surface area contributed by atoms with E-state index >= 15 is 0 Å². The number of fused-ring (bicyclic) bond motifs is 1. The normalized spacial score (nSPS) is 16.7. The highest BCUT2D eigenvalue weighted by atomic mass is 16.5. The van der Waals surface area contributed by atoms with Crippen LogP contribution in [0.4, 0.5) is 5.69 Å². The zero-order chi connectivity index (χ0) is 23.5. The van der Waals surface area contributed by atoms with Gasteiger partial charge < -0.3 is 24.0 Å². The molecule has 1 aromatic heterocycles. The van der Waals surface area contributed by atoms with Crippen molar-refractivity contribution in [1.82, 2.24) is 9.55 Å². The van der Waals surface area contributed by atoms with E-state index in [-0.39, 0.29) is 18.4 Å². The Morgan fingerprint density at radius 2 is 1.71 bits per heavy atom. The SMILES string of the molecule is COc1ccc(OC[C@@H](O)Cn2c([C@H]3CC(=O)N(c4ccccc4)C3)nc3ccccc32)cc1. The second-order valence-electron chi connectivity index (χ2n) is 8.45. The molecule has 1 amide bonds. The van der Waals surface area contributed by atoms with E-state index < -0.39 is 6.10 Å². The van der Waals surface area contributed by atoms with E-state index in [1.807, 2.05) is 88.3 Å². The van der Waals surface area contributed by atoms with Crippen molar-refractivity contribution >= 4 is 22.6 Å². The van der Waals surface area contributed by atoms with Crippen LogP contribution in [-0.4, -0.2) is 46.9 Å². The second kappa shape index (κ2) is 9.57. The van der Waals surface area contributed by atoms with E-state index in [0.717, 1.165) is 28.3 Å². The molecule has 4 aromatic rings. The molecule has 0 saturated carbocycles. The topological polar surface area (TPSA) is 76.8 Å². The quantitative estimate of drug-likeness (QED) is 0.433. The van der Waals surface area contributed by atoms with Crippen LogP contribution in [0.1, 0.15) is 18.2 Å². The molecule has 34 heavy (non-hydrogen) atoms. The van der Waals surface area contributed by atoms with Crippen molar-refractivity contribution in [2.75, 3.05) is 25.2 Å². The Morgan fingerprint density at radius 1 is 1.00 bits per heavy atom. The molecule has 1 N–H and O–H groups in total. The smallest absolute Gasteiger partial charge is 0.227 e. The molecule has 174 valence electrons. The molecule has 1 fully saturated rings. The van der Waals surface area contributed by atoms with E-state index in [4.69, 9.17) is 14.5 Å². The Balaban J connectivity index is 1.35. The van der Waals surface area contributed by atoms with Crippen LogP contribution in [0.25, 0.3) is 11.0 Å². The number of anilines is 1. The summed E-state index contributed by atoms with van der Waals surface area (Å²) in [6.07, 6.45) is -0.364. The summed E-state index contributed by atoms with van der Waals surface area (Å²) in [5.41, 5.74) is 2.68. The molecule has 0 aliphatic carbocycles. The fraction of sp³-hybridized carbons (Fsp3) is 0.259. The second-order valence-corrected chi connectivity index (χ2v) is 8.45. The summed E-state index contributed by atoms with van der Waals surface area (Å²) in [7, 11) is 1.61. The van der Waals surface area contributed by atoms with Gasteiger partial charge in [-0.05, 0) is 48.5 Å². The molecule has 0 unspecified atom stereocenters. The number of hydrogen-bond acceptors (Lipinski definition) is 5. The van der Waals surface area contributed by atoms with E-state index in [0.29, 0.717) is 25.3 Å². The predicted molar refractivity (Wildman–Crippen MR) is 130 cm³/mol. The first-order valence-corrected chi connectivity index (χ1v) is 11.4. The van der Waals surface area contributed by atoms with Gasteiger partial charge in [0.2, 0.25) is 5.91 Å². The molecule has 2 heterocycles. The van der Waals surface area contributed by atoms with Crippen LogP contribution >= 0.6 is 0 Å². The van der Waals surface area contributed by atoms with Crippen molar-refractivity contribution in [2.45, 2.75) is 25.0 Å². The Labute approximate surface area is 198 Å². The van der Waals surface area contributed by atoms with Gasteiger partial charge in [0.1, 0.15) is 30.0 Å². The molecule has 3 aromatic carbocycles. The Hall–Kier alpha value is -3.84. The summed E-state index contributed by atoms with van der Waals surface area (Å²) in [4.78, 5) is 19.5. The minimum Gasteiger partial charge on any atom is -0.497 e. The number of hydrogen-bond donors (Lipinski definition) is 1. The van der Waals surface area contributed by atoms with Crippen molar-refractivity contribution in [3.63, 3.8) is 0 Å². The summed E-state index contributed by atoms with van der Waals surface area (Å²) in [6.45, 7) is 1.02. The number of carbonyl (C=O) groups is 1. The fourth-order valence-electron chi connectivity index (χ4n) is 4.46. The number of ether oxygens (including phenoxy) is 2. The van der Waals surface area contributed by atoms with Crippen molar-refractivity contribution in [1.29, 1.82) is 0 Å². The van der Waals surface area contributed by atoms with E-state index in [1.165, 1.54) is 0 Å². The van der Waals surface area contributed by atoms with Crippen molar-refractivity contribution < 1.29 is 19.4 Å². The van der Waals surface area contributed by atoms with Crippen molar-refractivity contribution in [3.8, 4) is 11.5 Å². The average molecular weight is 458 g/mol. The number of imidazole rings is 1. The van der Waals surface area contributed by atoms with E-state index in [1.54, 1.807) is 7.11 Å². The van der Waals surface area contributed by atoms with Crippen LogP contribution in [0.15, 0.2) is 78.9 Å². The van der Waals surface area contributed by atoms with Crippen molar-refractivity contribution in [2.24, 2.45) is 0 Å². The number of aromatic nitrogens is 2. The molecule has 2 atom stereocenters. The monoisotopic (exact) mass is 457 g/mol. The molecule has 1 saturated heterocycles. The largest absolute Gasteiger partial charge is 0.497 e. The number of carbonyl (C=O) groups excluding carboxylic acids is 1. The van der Waals surface area contributed by atoms with Crippen LogP contribution in [0.2, 0.25) is 0 Å². The number of para-hydroxylation sites is 3. The highest BCUT2D eigenvalue weighted by molar-refractivity contribution is 5.96. The molecule has 1 aliphatic rings. The molecule has 1 aliphatic heterocycles. The summed E-state index contributed by atoms with van der Waals surface area (Å²) in [5, 5.41) is 10.8. The summed E-state index contributed by atoms with van der Waals surface area (Å²) >= 11 is 0. The maximum Gasteiger partial charge on any atom is 0.227 e. The van der Waals surface area contributed by atoms with Crippen LogP contribution < -0.4 is 14.4 Å². The first-order chi connectivity index (χ1) is 16.6. The van der Waals surface area contributed by atoms with Crippen LogP contribution in [-0.2, 0) is 11.3 Å². The maximum atomic E-state index is 12.8. The Morgan fingerprint density at radius 3 is 2.47 bits per heavy atom. The molecule has 7 nitrogen and oxygen atoms in total. The standard InChI is InChI=1S/C27H27N3O4/c1-33-22-11-13-23(14-12-22)34-18-21(31)17-30-25-10-6-5-9-24(25)28-27(30)19-15-26(32)29(16-19)20-7-3-2-4-8-20/h2-14,19,21,31H,15-18H2,1H3/t19-,21-/m0/s1. The first kappa shape index (κ1) is 22.0. The minimum atomic E-state index is -0.749. The highest BCUT2D eigenvalue weighted by Crippen LogP contribution is 2.33. The van der Waals surface area contributed by atoms with Gasteiger partial charge in [0.25, 0.3) is 0 Å². The van der Waals surface area contributed by atoms with Gasteiger partial charge in [-0.1, -0.05) is 30.3 Å². The Kier molecular flexibility index (Phi) is 6.18. The van der Waals surface area contributed by atoms with Gasteiger partial charge in [0.05, 0.1) is 24.7 Å². The van der Waals surface area contributed by atoms with Gasteiger partial charge in [-0.3, -0.25) is 4.79 Å². The number of methoxy groups -OCH3 is 1. The lowest BCUT2D eigenvalue weighted by molar-refractivity contribution is -0.117. The van der Waals surface area contributed by atoms with E-state index in [2.05, 4.69) is 0 Å². The maximum absolute atomic E-state index is 12.8. The molecular weight excluding hydrogens is 430 g/mol. The third-order valence-corrected chi connectivity index (χ3v) is 6.14. The number of benzene rings is 3. The number of rotatable bonds is 8. The van der Waals surface area contributed by atoms with Crippen LogP contribution in [0.5, 0.6) is 11.5 Å². The number of nitrogens with zero attached hydrogens (tertiary/aromatic N) is 3. The first-order valence-electron chi connectivity index (χ1n) is 11.4. The molecule has 0 spiro atoms. The predicted octanol–water partition coefficient (Wildman–Crippen LogP) is 4.01.